The molecule has 1 aliphatic heterocycles. The Bertz CT molecular complexity index is 649. The van der Waals surface area contributed by atoms with Crippen LogP contribution in [0.4, 0.5) is 0 Å². The van der Waals surface area contributed by atoms with E-state index in [-0.39, 0.29) is 11.7 Å². The van der Waals surface area contributed by atoms with E-state index in [0.29, 0.717) is 48.5 Å². The first-order valence-electron chi connectivity index (χ1n) is 8.94. The minimum absolute atomic E-state index is 0.0782. The highest BCUT2D eigenvalue weighted by molar-refractivity contribution is 8.14. The number of rotatable bonds is 10. The van der Waals surface area contributed by atoms with Crippen LogP contribution >= 0.6 is 11.8 Å². The minimum Gasteiger partial charge on any atom is -0.507 e. The van der Waals surface area contributed by atoms with Crippen LogP contribution in [0.5, 0.6) is 11.5 Å². The second-order valence-corrected chi connectivity index (χ2v) is 7.22. The third-order valence-electron chi connectivity index (χ3n) is 3.76. The van der Waals surface area contributed by atoms with Crippen molar-refractivity contribution >= 4 is 22.8 Å². The molecule has 0 aromatic heterocycles. The van der Waals surface area contributed by atoms with Gasteiger partial charge >= 0.3 is 5.97 Å². The highest BCUT2D eigenvalue weighted by atomic mass is 32.2. The summed E-state index contributed by atoms with van der Waals surface area (Å²) in [6, 6.07) is 5.10. The summed E-state index contributed by atoms with van der Waals surface area (Å²) >= 11 is 1.44. The predicted octanol–water partition coefficient (Wildman–Crippen LogP) is 3.40. The quantitative estimate of drug-likeness (QED) is 0.494. The lowest BCUT2D eigenvalue weighted by atomic mass is 10.1. The Hall–Kier alpha value is -1.73. The van der Waals surface area contributed by atoms with Crippen molar-refractivity contribution in [2.75, 3.05) is 32.2 Å². The maximum absolute atomic E-state index is 12.2. The molecule has 0 unspecified atom stereocenters. The number of aromatic hydroxyl groups is 1. The summed E-state index contributed by atoms with van der Waals surface area (Å²) in [4.78, 5) is 16.7. The Morgan fingerprint density at radius 2 is 2.00 bits per heavy atom. The summed E-state index contributed by atoms with van der Waals surface area (Å²) in [5, 5.41) is 11.0. The SMILES string of the molecule is CCCOCCOc1ccc(C2=N[C@@](C)(C(=O)OCCC)CS2)c(O)c1. The lowest BCUT2D eigenvalue weighted by molar-refractivity contribution is -0.148. The van der Waals surface area contributed by atoms with Gasteiger partial charge in [-0.15, -0.1) is 11.8 Å². The molecule has 1 aromatic carbocycles. The molecule has 0 aliphatic carbocycles. The third kappa shape index (κ3) is 5.38. The molecule has 7 heteroatoms. The minimum atomic E-state index is -0.909. The number of esters is 1. The standard InChI is InChI=1S/C19H27NO5S/c1-4-8-23-10-11-24-14-6-7-15(16(21)12-14)17-20-19(3,13-26-17)18(22)25-9-5-2/h6-7,12,21H,4-5,8-11,13H2,1-3H3/t19-/m1/s1. The van der Waals surface area contributed by atoms with Gasteiger partial charge in [0.15, 0.2) is 5.54 Å². The lowest BCUT2D eigenvalue weighted by Gasteiger charge is -2.17. The van der Waals surface area contributed by atoms with Crippen LogP contribution in [0.3, 0.4) is 0 Å². The number of ether oxygens (including phenoxy) is 3. The molecule has 0 saturated carbocycles. The van der Waals surface area contributed by atoms with E-state index < -0.39 is 5.54 Å². The van der Waals surface area contributed by atoms with E-state index in [1.54, 1.807) is 25.1 Å². The zero-order valence-corrected chi connectivity index (χ0v) is 16.4. The molecule has 0 fully saturated rings. The van der Waals surface area contributed by atoms with Gasteiger partial charge in [-0.1, -0.05) is 13.8 Å². The van der Waals surface area contributed by atoms with Crippen LogP contribution in [-0.4, -0.2) is 53.8 Å². The predicted molar refractivity (Wildman–Crippen MR) is 103 cm³/mol. The van der Waals surface area contributed by atoms with Crippen LogP contribution in [-0.2, 0) is 14.3 Å². The molecular weight excluding hydrogens is 354 g/mol. The average Bonchev–Trinajstić information content (AvgIpc) is 3.03. The van der Waals surface area contributed by atoms with E-state index in [0.717, 1.165) is 12.8 Å². The fraction of sp³-hybridized carbons (Fsp3) is 0.579. The number of thioether (sulfide) groups is 1. The molecule has 1 atom stereocenters. The van der Waals surface area contributed by atoms with E-state index in [1.165, 1.54) is 11.8 Å². The molecule has 144 valence electrons. The number of carbonyl (C=O) groups excluding carboxylic acids is 1. The molecule has 2 rings (SSSR count). The van der Waals surface area contributed by atoms with E-state index in [9.17, 15) is 9.90 Å². The fourth-order valence-corrected chi connectivity index (χ4v) is 3.53. The van der Waals surface area contributed by atoms with Crippen molar-refractivity contribution in [3.05, 3.63) is 23.8 Å². The van der Waals surface area contributed by atoms with Gasteiger partial charge in [0, 0.05) is 24.0 Å². The topological polar surface area (TPSA) is 77.4 Å². The first kappa shape index (κ1) is 20.6. The zero-order valence-electron chi connectivity index (χ0n) is 15.6. The van der Waals surface area contributed by atoms with Gasteiger partial charge in [0.05, 0.1) is 13.2 Å². The third-order valence-corrected chi connectivity index (χ3v) is 5.05. The Morgan fingerprint density at radius 1 is 1.23 bits per heavy atom. The van der Waals surface area contributed by atoms with Gasteiger partial charge in [-0.3, -0.25) is 4.99 Å². The molecule has 0 amide bonds. The molecule has 1 heterocycles. The Kier molecular flexibility index (Phi) is 7.78. The lowest BCUT2D eigenvalue weighted by Crippen LogP contribution is -2.35. The number of hydrogen-bond acceptors (Lipinski definition) is 7. The van der Waals surface area contributed by atoms with E-state index >= 15 is 0 Å². The van der Waals surface area contributed by atoms with Gasteiger partial charge < -0.3 is 19.3 Å². The van der Waals surface area contributed by atoms with E-state index in [4.69, 9.17) is 14.2 Å². The van der Waals surface area contributed by atoms with Crippen molar-refractivity contribution in [1.29, 1.82) is 0 Å². The molecule has 0 saturated heterocycles. The van der Waals surface area contributed by atoms with Gasteiger partial charge in [0.1, 0.15) is 23.1 Å². The molecule has 0 radical (unpaired) electrons. The number of phenolic OH excluding ortho intramolecular Hbond substituents is 1. The first-order valence-corrected chi connectivity index (χ1v) is 9.92. The van der Waals surface area contributed by atoms with Crippen LogP contribution in [0.2, 0.25) is 0 Å². The van der Waals surface area contributed by atoms with Gasteiger partial charge in [-0.2, -0.15) is 0 Å². The molecule has 1 aliphatic rings. The van der Waals surface area contributed by atoms with Gasteiger partial charge in [0.2, 0.25) is 0 Å². The van der Waals surface area contributed by atoms with Crippen molar-refractivity contribution in [1.82, 2.24) is 0 Å². The number of hydrogen-bond donors (Lipinski definition) is 1. The Labute approximate surface area is 158 Å². The number of nitrogens with zero attached hydrogens (tertiary/aromatic N) is 1. The summed E-state index contributed by atoms with van der Waals surface area (Å²) in [7, 11) is 0. The summed E-state index contributed by atoms with van der Waals surface area (Å²) in [6.45, 7) is 7.80. The van der Waals surface area contributed by atoms with Gasteiger partial charge in [-0.25, -0.2) is 4.79 Å². The Morgan fingerprint density at radius 3 is 2.69 bits per heavy atom. The summed E-state index contributed by atoms with van der Waals surface area (Å²) in [6.07, 6.45) is 1.75. The van der Waals surface area contributed by atoms with Crippen LogP contribution in [0.1, 0.15) is 39.2 Å². The maximum Gasteiger partial charge on any atom is 0.334 e. The number of aliphatic imine (C=N–C) groups is 1. The molecule has 26 heavy (non-hydrogen) atoms. The smallest absolute Gasteiger partial charge is 0.334 e. The van der Waals surface area contributed by atoms with Crippen molar-refractivity contribution in [2.24, 2.45) is 4.99 Å². The van der Waals surface area contributed by atoms with E-state index in [1.807, 2.05) is 6.92 Å². The van der Waals surface area contributed by atoms with Crippen LogP contribution in [0, 0.1) is 0 Å². The number of benzene rings is 1. The second-order valence-electron chi connectivity index (χ2n) is 6.26. The van der Waals surface area contributed by atoms with Crippen LogP contribution < -0.4 is 4.74 Å². The summed E-state index contributed by atoms with van der Waals surface area (Å²) in [5.41, 5.74) is -0.315. The zero-order chi connectivity index (χ0) is 19.0. The number of carbonyl (C=O) groups is 1. The van der Waals surface area contributed by atoms with Crippen LogP contribution in [0.15, 0.2) is 23.2 Å². The van der Waals surface area contributed by atoms with Crippen molar-refractivity contribution in [2.45, 2.75) is 39.2 Å². The first-order chi connectivity index (χ1) is 12.5. The van der Waals surface area contributed by atoms with Gasteiger partial charge in [0.25, 0.3) is 0 Å². The molecule has 1 N–H and O–H groups in total. The van der Waals surface area contributed by atoms with Crippen LogP contribution in [0.25, 0.3) is 0 Å². The maximum atomic E-state index is 12.2. The molecule has 1 aromatic rings. The highest BCUT2D eigenvalue weighted by Gasteiger charge is 2.40. The van der Waals surface area contributed by atoms with Crippen molar-refractivity contribution < 1.29 is 24.1 Å². The average molecular weight is 381 g/mol. The molecule has 6 nitrogen and oxygen atoms in total. The largest absolute Gasteiger partial charge is 0.507 e. The Balaban J connectivity index is 2.00. The van der Waals surface area contributed by atoms with E-state index in [2.05, 4.69) is 11.9 Å². The summed E-state index contributed by atoms with van der Waals surface area (Å²) < 4.78 is 16.2. The fourth-order valence-electron chi connectivity index (χ4n) is 2.34. The van der Waals surface area contributed by atoms with Crippen molar-refractivity contribution in [3.8, 4) is 11.5 Å². The van der Waals surface area contributed by atoms with Crippen molar-refractivity contribution in [3.63, 3.8) is 0 Å². The summed E-state index contributed by atoms with van der Waals surface area (Å²) in [5.74, 6) is 0.819. The van der Waals surface area contributed by atoms with Gasteiger partial charge in [-0.05, 0) is 31.9 Å². The normalized spacial score (nSPS) is 19.3. The molecule has 0 bridgehead atoms. The number of phenols is 1. The second kappa shape index (κ2) is 9.83. The molecular formula is C19H27NO5S. The highest BCUT2D eigenvalue weighted by Crippen LogP contribution is 2.36. The monoisotopic (exact) mass is 381 g/mol. The molecule has 0 spiro atoms.